The molecule has 1 aromatic heterocycles. The average molecular weight is 328 g/mol. The van der Waals surface area contributed by atoms with Gasteiger partial charge in [-0.05, 0) is 55.0 Å². The fourth-order valence-corrected chi connectivity index (χ4v) is 2.19. The second-order valence-electron chi connectivity index (χ2n) is 5.34. The number of aromatic nitrogens is 1. The third-order valence-corrected chi connectivity index (χ3v) is 3.39. The van der Waals surface area contributed by atoms with Gasteiger partial charge in [-0.15, -0.1) is 0 Å². The fraction of sp³-hybridized carbons (Fsp3) is 0.0476. The molecule has 3 aromatic rings. The van der Waals surface area contributed by atoms with E-state index in [-0.39, 0.29) is 5.91 Å². The molecule has 0 bridgehead atoms. The number of carbonyl (C=O) groups is 1. The van der Waals surface area contributed by atoms with Crippen molar-refractivity contribution in [3.8, 4) is 23.3 Å². The molecule has 0 atom stereocenters. The second-order valence-corrected chi connectivity index (χ2v) is 5.34. The van der Waals surface area contributed by atoms with Crippen molar-refractivity contribution in [1.29, 1.82) is 0 Å². The van der Waals surface area contributed by atoms with Gasteiger partial charge in [-0.3, -0.25) is 9.78 Å². The molecule has 0 radical (unpaired) electrons. The molecule has 3 rings (SSSR count). The molecule has 0 fully saturated rings. The summed E-state index contributed by atoms with van der Waals surface area (Å²) in [5.74, 6) is 6.43. The van der Waals surface area contributed by atoms with Gasteiger partial charge in [0.2, 0.25) is 0 Å². The number of carbonyl (C=O) groups excluding carboxylic acids is 1. The highest BCUT2D eigenvalue weighted by Gasteiger charge is 2.05. The summed E-state index contributed by atoms with van der Waals surface area (Å²) in [7, 11) is 0. The van der Waals surface area contributed by atoms with E-state index in [1.54, 1.807) is 18.5 Å². The van der Waals surface area contributed by atoms with Crippen molar-refractivity contribution >= 4 is 11.6 Å². The molecule has 0 saturated carbocycles. The summed E-state index contributed by atoms with van der Waals surface area (Å²) in [5.41, 5.74) is 2.37. The smallest absolute Gasteiger partial charge is 0.300 e. The van der Waals surface area contributed by atoms with Gasteiger partial charge in [-0.25, -0.2) is 0 Å². The summed E-state index contributed by atoms with van der Waals surface area (Å²) in [6.07, 6.45) is 3.34. The maximum atomic E-state index is 11.9. The van der Waals surface area contributed by atoms with Crippen molar-refractivity contribution in [2.45, 2.75) is 6.92 Å². The molecule has 0 saturated heterocycles. The highest BCUT2D eigenvalue weighted by atomic mass is 16.5. The Morgan fingerprint density at radius 3 is 2.64 bits per heavy atom. The van der Waals surface area contributed by atoms with Gasteiger partial charge in [-0.1, -0.05) is 24.1 Å². The van der Waals surface area contributed by atoms with Crippen molar-refractivity contribution in [1.82, 2.24) is 4.98 Å². The van der Waals surface area contributed by atoms with Crippen LogP contribution >= 0.6 is 0 Å². The monoisotopic (exact) mass is 328 g/mol. The van der Waals surface area contributed by atoms with E-state index in [4.69, 9.17) is 4.74 Å². The first-order valence-electron chi connectivity index (χ1n) is 7.77. The van der Waals surface area contributed by atoms with Crippen molar-refractivity contribution in [2.24, 2.45) is 0 Å². The van der Waals surface area contributed by atoms with Crippen LogP contribution in [0.3, 0.4) is 0 Å². The molecule has 1 N–H and O–H groups in total. The first-order valence-corrected chi connectivity index (χ1v) is 7.77. The third kappa shape index (κ3) is 4.69. The Balaban J connectivity index is 1.67. The van der Waals surface area contributed by atoms with Crippen molar-refractivity contribution < 1.29 is 9.53 Å². The number of hydrogen-bond acceptors (Lipinski definition) is 3. The van der Waals surface area contributed by atoms with Crippen LogP contribution in [0.5, 0.6) is 11.5 Å². The molecule has 0 aliphatic rings. The Labute approximate surface area is 146 Å². The van der Waals surface area contributed by atoms with Gasteiger partial charge >= 0.3 is 5.91 Å². The molecule has 122 valence electrons. The molecule has 0 aliphatic carbocycles. The molecule has 4 nitrogen and oxygen atoms in total. The van der Waals surface area contributed by atoms with Crippen LogP contribution in [0.4, 0.5) is 5.69 Å². The molecule has 1 heterocycles. The molecular weight excluding hydrogens is 312 g/mol. The summed E-state index contributed by atoms with van der Waals surface area (Å²) in [6.45, 7) is 1.91. The maximum Gasteiger partial charge on any atom is 0.300 e. The Bertz CT molecular complexity index is 926. The second kappa shape index (κ2) is 7.80. The van der Waals surface area contributed by atoms with Gasteiger partial charge in [0.15, 0.2) is 0 Å². The first kappa shape index (κ1) is 16.3. The Morgan fingerprint density at radius 1 is 1.08 bits per heavy atom. The number of ether oxygens (including phenoxy) is 1. The average Bonchev–Trinajstić information content (AvgIpc) is 2.64. The predicted molar refractivity (Wildman–Crippen MR) is 97.4 cm³/mol. The van der Waals surface area contributed by atoms with Crippen LogP contribution in [0, 0.1) is 18.8 Å². The highest BCUT2D eigenvalue weighted by molar-refractivity contribution is 6.04. The van der Waals surface area contributed by atoms with E-state index in [1.165, 1.54) is 0 Å². The molecule has 25 heavy (non-hydrogen) atoms. The number of hydrogen-bond donors (Lipinski definition) is 1. The topological polar surface area (TPSA) is 51.2 Å². The summed E-state index contributed by atoms with van der Waals surface area (Å²) in [5, 5.41) is 2.76. The van der Waals surface area contributed by atoms with Gasteiger partial charge < -0.3 is 10.1 Å². The van der Waals surface area contributed by atoms with Crippen LogP contribution in [0.2, 0.25) is 0 Å². The van der Waals surface area contributed by atoms with E-state index in [0.29, 0.717) is 17.2 Å². The first-order chi connectivity index (χ1) is 12.2. The van der Waals surface area contributed by atoms with E-state index in [1.807, 2.05) is 61.5 Å². The van der Waals surface area contributed by atoms with Crippen LogP contribution in [0.25, 0.3) is 0 Å². The predicted octanol–water partition coefficient (Wildman–Crippen LogP) is 4.17. The van der Waals surface area contributed by atoms with Crippen molar-refractivity contribution in [3.63, 3.8) is 0 Å². The Hall–Kier alpha value is -3.58. The minimum atomic E-state index is -0.357. The SMILES string of the molecule is Cc1cc(NC(=O)C#Cc2ccccc2)ccc1Oc1cccnc1. The van der Waals surface area contributed by atoms with Crippen LogP contribution in [0.15, 0.2) is 73.1 Å². The molecule has 2 aromatic carbocycles. The quantitative estimate of drug-likeness (QED) is 0.734. The number of aryl methyl sites for hydroxylation is 1. The van der Waals surface area contributed by atoms with Gasteiger partial charge in [0.05, 0.1) is 6.20 Å². The van der Waals surface area contributed by atoms with Crippen LogP contribution in [-0.4, -0.2) is 10.9 Å². The number of pyridine rings is 1. The number of rotatable bonds is 3. The number of amides is 1. The largest absolute Gasteiger partial charge is 0.455 e. The zero-order valence-electron chi connectivity index (χ0n) is 13.7. The minimum Gasteiger partial charge on any atom is -0.455 e. The van der Waals surface area contributed by atoms with Crippen molar-refractivity contribution in [2.75, 3.05) is 5.32 Å². The molecule has 4 heteroatoms. The van der Waals surface area contributed by atoms with E-state index in [9.17, 15) is 4.79 Å². The highest BCUT2D eigenvalue weighted by Crippen LogP contribution is 2.26. The minimum absolute atomic E-state index is 0.357. The lowest BCUT2D eigenvalue weighted by atomic mass is 10.2. The standard InChI is InChI=1S/C21H16N2O2/c1-16-14-18(10-11-20(16)25-19-8-5-13-22-15-19)23-21(24)12-9-17-6-3-2-4-7-17/h2-8,10-11,13-15H,1H3,(H,23,24). The third-order valence-electron chi connectivity index (χ3n) is 3.39. The van der Waals surface area contributed by atoms with Gasteiger partial charge in [0.25, 0.3) is 0 Å². The Kier molecular flexibility index (Phi) is 5.08. The fourth-order valence-electron chi connectivity index (χ4n) is 2.19. The van der Waals surface area contributed by atoms with Crippen molar-refractivity contribution in [3.05, 3.63) is 84.2 Å². The molecule has 0 unspecified atom stereocenters. The molecular formula is C21H16N2O2. The van der Waals surface area contributed by atoms with E-state index in [0.717, 1.165) is 11.1 Å². The van der Waals surface area contributed by atoms with Gasteiger partial charge in [0, 0.05) is 23.4 Å². The summed E-state index contributed by atoms with van der Waals surface area (Å²) >= 11 is 0. The van der Waals surface area contributed by atoms with E-state index in [2.05, 4.69) is 22.1 Å². The lowest BCUT2D eigenvalue weighted by molar-refractivity contribution is -0.111. The molecule has 1 amide bonds. The number of anilines is 1. The Morgan fingerprint density at radius 2 is 1.92 bits per heavy atom. The summed E-state index contributed by atoms with van der Waals surface area (Å²) < 4.78 is 5.77. The van der Waals surface area contributed by atoms with Crippen LogP contribution < -0.4 is 10.1 Å². The van der Waals surface area contributed by atoms with Gasteiger partial charge in [-0.2, -0.15) is 0 Å². The molecule has 0 spiro atoms. The van der Waals surface area contributed by atoms with Crippen LogP contribution in [-0.2, 0) is 4.79 Å². The number of nitrogens with one attached hydrogen (secondary N) is 1. The number of nitrogens with zero attached hydrogens (tertiary/aromatic N) is 1. The number of benzene rings is 2. The lowest BCUT2D eigenvalue weighted by Gasteiger charge is -2.10. The van der Waals surface area contributed by atoms with Gasteiger partial charge in [0.1, 0.15) is 11.5 Å². The van der Waals surface area contributed by atoms with E-state index < -0.39 is 0 Å². The maximum absolute atomic E-state index is 11.9. The normalized spacial score (nSPS) is 9.64. The lowest BCUT2D eigenvalue weighted by Crippen LogP contribution is -2.08. The van der Waals surface area contributed by atoms with Crippen LogP contribution in [0.1, 0.15) is 11.1 Å². The summed E-state index contributed by atoms with van der Waals surface area (Å²) in [6, 6.07) is 18.5. The van der Waals surface area contributed by atoms with E-state index >= 15 is 0 Å². The molecule has 0 aliphatic heterocycles. The zero-order chi connectivity index (χ0) is 17.5. The summed E-state index contributed by atoms with van der Waals surface area (Å²) in [4.78, 5) is 16.0. The zero-order valence-corrected chi connectivity index (χ0v) is 13.7.